The van der Waals surface area contributed by atoms with Crippen LogP contribution in [0.4, 0.5) is 22.0 Å². The van der Waals surface area contributed by atoms with Crippen molar-refractivity contribution in [3.63, 3.8) is 0 Å². The van der Waals surface area contributed by atoms with E-state index in [4.69, 9.17) is 31.0 Å². The van der Waals surface area contributed by atoms with Crippen LogP contribution in [0.15, 0.2) is 0 Å². The summed E-state index contributed by atoms with van der Waals surface area (Å²) >= 11 is 0. The summed E-state index contributed by atoms with van der Waals surface area (Å²) in [5.74, 6) is -1.71. The van der Waals surface area contributed by atoms with E-state index in [0.717, 1.165) is 18.1 Å². The Kier molecular flexibility index (Phi) is 21.9. The number of rotatable bonds is 22. The molecular formula is C23H51F5O8Si3. The second-order valence-corrected chi connectivity index (χ2v) is 19.7. The van der Waals surface area contributed by atoms with Crippen LogP contribution in [0.2, 0.25) is 30.2 Å². The molecule has 0 atom stereocenters. The van der Waals surface area contributed by atoms with Gasteiger partial charge in [0.25, 0.3) is 0 Å². The van der Waals surface area contributed by atoms with E-state index in [-0.39, 0.29) is 19.3 Å². The van der Waals surface area contributed by atoms with Gasteiger partial charge in [0.05, 0.1) is 13.3 Å². The molecule has 0 spiro atoms. The summed E-state index contributed by atoms with van der Waals surface area (Å²) in [7, 11) is 1.83. The maximum atomic E-state index is 16.2. The molecule has 0 aromatic carbocycles. The third-order valence-electron chi connectivity index (χ3n) is 6.81. The first-order valence-corrected chi connectivity index (χ1v) is 19.6. The molecule has 0 radical (unpaired) electrons. The van der Waals surface area contributed by atoms with E-state index < -0.39 is 51.4 Å². The van der Waals surface area contributed by atoms with Crippen LogP contribution in [0.1, 0.15) is 52.9 Å². The van der Waals surface area contributed by atoms with Gasteiger partial charge in [0.1, 0.15) is 0 Å². The molecule has 16 heteroatoms. The molecule has 0 heterocycles. The minimum absolute atomic E-state index is 0.209. The maximum Gasteiger partial charge on any atom is 0.522 e. The molecule has 8 nitrogen and oxygen atoms in total. The van der Waals surface area contributed by atoms with Crippen molar-refractivity contribution >= 4 is 25.9 Å². The molecule has 0 aliphatic rings. The molecule has 0 aliphatic heterocycles. The van der Waals surface area contributed by atoms with E-state index >= 15 is 4.39 Å². The highest BCUT2D eigenvalue weighted by Gasteiger charge is 2.44. The highest BCUT2D eigenvalue weighted by Crippen LogP contribution is 2.37. The fourth-order valence-electron chi connectivity index (χ4n) is 4.07. The lowest BCUT2D eigenvalue weighted by atomic mass is 10.1. The molecule has 0 saturated carbocycles. The zero-order chi connectivity index (χ0) is 30.6. The topological polar surface area (TPSA) is 73.8 Å². The molecule has 0 aromatic heterocycles. The first-order chi connectivity index (χ1) is 18.2. The number of ether oxygens (including phenoxy) is 1. The van der Waals surface area contributed by atoms with Crippen molar-refractivity contribution in [2.45, 2.75) is 95.3 Å². The highest BCUT2D eigenvalue weighted by molar-refractivity contribution is 6.73. The second-order valence-electron chi connectivity index (χ2n) is 8.86. The molecule has 238 valence electrons. The summed E-state index contributed by atoms with van der Waals surface area (Å²) in [6.45, 7) is 4.95. The number of hydrogen-bond donors (Lipinski definition) is 0. The van der Waals surface area contributed by atoms with Crippen LogP contribution < -0.4 is 0 Å². The van der Waals surface area contributed by atoms with E-state index in [1.54, 1.807) is 42.7 Å². The van der Waals surface area contributed by atoms with Crippen molar-refractivity contribution in [3.05, 3.63) is 0 Å². The van der Waals surface area contributed by atoms with E-state index in [1.165, 1.54) is 0 Å². The van der Waals surface area contributed by atoms with Crippen molar-refractivity contribution in [3.8, 4) is 0 Å². The van der Waals surface area contributed by atoms with Gasteiger partial charge in [0.15, 0.2) is 14.2 Å². The minimum Gasteiger partial charge on any atom is -0.386 e. The normalized spacial score (nSPS) is 13.4. The molecule has 0 N–H and O–H groups in total. The van der Waals surface area contributed by atoms with Gasteiger partial charge in [-0.3, -0.25) is 9.13 Å². The van der Waals surface area contributed by atoms with Crippen molar-refractivity contribution < 1.29 is 57.7 Å². The third-order valence-corrected chi connectivity index (χ3v) is 17.1. The Morgan fingerprint density at radius 3 is 1.21 bits per heavy atom. The Morgan fingerprint density at radius 2 is 0.949 bits per heavy atom. The molecule has 39 heavy (non-hydrogen) atoms. The lowest BCUT2D eigenvalue weighted by Crippen LogP contribution is -2.47. The SMILES string of the molecule is CC[Si](CC)(CC)OC(F)(CCC[Si](OC)(OC)OC)CCC[Si](OC)(OC)OC.FCCCOC(F)(F)F. The van der Waals surface area contributed by atoms with E-state index in [9.17, 15) is 17.6 Å². The predicted molar refractivity (Wildman–Crippen MR) is 146 cm³/mol. The molecule has 0 amide bonds. The molecule has 0 aliphatic carbocycles. The first kappa shape index (κ1) is 41.1. The smallest absolute Gasteiger partial charge is 0.386 e. The van der Waals surface area contributed by atoms with Crippen molar-refractivity contribution in [2.24, 2.45) is 0 Å². The summed E-state index contributed by atoms with van der Waals surface area (Å²) in [4.78, 5) is 0. The fraction of sp³-hybridized carbons (Fsp3) is 1.00. The van der Waals surface area contributed by atoms with Crippen LogP contribution in [0, 0.1) is 0 Å². The fourth-order valence-corrected chi connectivity index (χ4v) is 10.4. The van der Waals surface area contributed by atoms with E-state index in [2.05, 4.69) is 25.5 Å². The quantitative estimate of drug-likeness (QED) is 0.0726. The largest absolute Gasteiger partial charge is 0.522 e. The predicted octanol–water partition coefficient (Wildman–Crippen LogP) is 6.87. The van der Waals surface area contributed by atoms with Crippen LogP contribution in [-0.2, 0) is 35.7 Å². The van der Waals surface area contributed by atoms with Gasteiger partial charge in [-0.15, -0.1) is 13.2 Å². The zero-order valence-corrected chi connectivity index (χ0v) is 28.1. The molecule has 0 saturated heterocycles. The van der Waals surface area contributed by atoms with Gasteiger partial charge >= 0.3 is 24.0 Å². The first-order valence-electron chi connectivity index (χ1n) is 13.2. The summed E-state index contributed by atoms with van der Waals surface area (Å²) in [6, 6.07) is 3.76. The minimum atomic E-state index is -4.62. The van der Waals surface area contributed by atoms with Gasteiger partial charge < -0.3 is 31.0 Å². The zero-order valence-electron chi connectivity index (χ0n) is 25.1. The second kappa shape index (κ2) is 20.8. The number of alkyl halides is 5. The summed E-state index contributed by atoms with van der Waals surface area (Å²) < 4.78 is 103. The van der Waals surface area contributed by atoms with Gasteiger partial charge in [0, 0.05) is 67.6 Å². The van der Waals surface area contributed by atoms with Crippen LogP contribution >= 0.6 is 0 Å². The maximum absolute atomic E-state index is 16.2. The monoisotopic (exact) mass is 634 g/mol. The van der Waals surface area contributed by atoms with Gasteiger partial charge in [-0.1, -0.05) is 20.8 Å². The molecule has 0 unspecified atom stereocenters. The summed E-state index contributed by atoms with van der Waals surface area (Å²) in [6.07, 6.45) is -3.17. The average Bonchev–Trinajstić information content (AvgIpc) is 2.93. The lowest BCUT2D eigenvalue weighted by molar-refractivity contribution is -0.324. The lowest BCUT2D eigenvalue weighted by Gasteiger charge is -2.38. The van der Waals surface area contributed by atoms with Crippen LogP contribution in [0.25, 0.3) is 0 Å². The van der Waals surface area contributed by atoms with Crippen molar-refractivity contribution in [2.75, 3.05) is 55.9 Å². The Labute approximate surface area is 235 Å². The van der Waals surface area contributed by atoms with Crippen molar-refractivity contribution in [1.82, 2.24) is 0 Å². The van der Waals surface area contributed by atoms with Crippen molar-refractivity contribution in [1.29, 1.82) is 0 Å². The van der Waals surface area contributed by atoms with Gasteiger partial charge in [-0.25, -0.2) is 4.39 Å². The van der Waals surface area contributed by atoms with Crippen LogP contribution in [0.3, 0.4) is 0 Å². The Balaban J connectivity index is 0. The Hall–Kier alpha value is -0.0194. The molecule has 0 aromatic rings. The Morgan fingerprint density at radius 1 is 0.590 bits per heavy atom. The molecule has 0 bridgehead atoms. The van der Waals surface area contributed by atoms with E-state index in [0.29, 0.717) is 24.9 Å². The third kappa shape index (κ3) is 16.3. The van der Waals surface area contributed by atoms with Crippen LogP contribution in [-0.4, -0.2) is 94.1 Å². The highest BCUT2D eigenvalue weighted by atomic mass is 28.4. The van der Waals surface area contributed by atoms with Gasteiger partial charge in [-0.2, -0.15) is 0 Å². The standard InChI is InChI=1S/C19H45FO7Si3.C4H6F4O/c1-10-28(11-2,12-3)27-19(20,15-13-17-29(21-4,22-5)23-6)16-14-18-30(24-7,25-8)26-9;5-2-1-3-9-4(6,7)8/h10-18H2,1-9H3;1-3H2. The molecule has 0 rings (SSSR count). The Bertz CT molecular complexity index is 546. The molecular weight excluding hydrogens is 583 g/mol. The van der Waals surface area contributed by atoms with E-state index in [1.807, 2.05) is 0 Å². The van der Waals surface area contributed by atoms with Crippen LogP contribution in [0.5, 0.6) is 0 Å². The number of halogens is 5. The summed E-state index contributed by atoms with van der Waals surface area (Å²) in [5.41, 5.74) is 0. The number of hydrogen-bond acceptors (Lipinski definition) is 8. The van der Waals surface area contributed by atoms with Gasteiger partial charge in [0.2, 0.25) is 0 Å². The average molecular weight is 635 g/mol. The summed E-state index contributed by atoms with van der Waals surface area (Å²) in [5, 5.41) is 0. The van der Waals surface area contributed by atoms with Gasteiger partial charge in [-0.05, 0) is 37.4 Å². The molecule has 0 fully saturated rings.